The second-order valence-electron chi connectivity index (χ2n) is 7.79. The second kappa shape index (κ2) is 7.93. The fourth-order valence-electron chi connectivity index (χ4n) is 4.40. The number of carbonyl (C=O) groups excluding carboxylic acids is 2. The van der Waals surface area contributed by atoms with Gasteiger partial charge in [0.15, 0.2) is 5.78 Å². The van der Waals surface area contributed by atoms with E-state index in [-0.39, 0.29) is 11.7 Å². The molecule has 7 heteroatoms. The van der Waals surface area contributed by atoms with Crippen molar-refractivity contribution in [2.24, 2.45) is 0 Å². The number of likely N-dealkylation sites (N-methyl/N-ethyl adjacent to an activating group) is 1. The topological polar surface area (TPSA) is 61.9 Å². The maximum atomic E-state index is 14.0. The number of halogens is 1. The van der Waals surface area contributed by atoms with Crippen molar-refractivity contribution in [2.75, 3.05) is 49.6 Å². The molecule has 0 saturated carbocycles. The second-order valence-corrected chi connectivity index (χ2v) is 8.22. The highest BCUT2D eigenvalue weighted by molar-refractivity contribution is 6.34. The van der Waals surface area contributed by atoms with Crippen LogP contribution in [-0.4, -0.2) is 51.5 Å². The Morgan fingerprint density at radius 3 is 2.33 bits per heavy atom. The number of nitrogens with one attached hydrogen (secondary N) is 1. The van der Waals surface area contributed by atoms with Gasteiger partial charge in [-0.2, -0.15) is 0 Å². The Hall–Kier alpha value is -2.57. The van der Waals surface area contributed by atoms with Crippen molar-refractivity contribution in [2.45, 2.75) is 19.3 Å². The quantitative estimate of drug-likeness (QED) is 0.759. The highest BCUT2D eigenvalue weighted by Crippen LogP contribution is 2.45. The molecule has 0 bridgehead atoms. The highest BCUT2D eigenvalue weighted by atomic mass is 35.5. The van der Waals surface area contributed by atoms with E-state index in [2.05, 4.69) is 10.2 Å². The predicted molar refractivity (Wildman–Crippen MR) is 119 cm³/mol. The third kappa shape index (κ3) is 3.15. The van der Waals surface area contributed by atoms with Crippen molar-refractivity contribution >= 4 is 34.7 Å². The average Bonchev–Trinajstić information content (AvgIpc) is 2.78. The number of anilines is 2. The zero-order valence-corrected chi connectivity index (χ0v) is 18.3. The molecule has 2 aromatic rings. The van der Waals surface area contributed by atoms with E-state index in [1.54, 1.807) is 49.3 Å². The van der Waals surface area contributed by atoms with Gasteiger partial charge in [-0.3, -0.25) is 9.59 Å². The third-order valence-corrected chi connectivity index (χ3v) is 6.37. The molecule has 2 aromatic carbocycles. The lowest BCUT2D eigenvalue weighted by atomic mass is 9.71. The number of piperazine rings is 1. The van der Waals surface area contributed by atoms with E-state index in [1.165, 1.54) is 0 Å². The molecule has 2 heterocycles. The lowest BCUT2D eigenvalue weighted by Crippen LogP contribution is -2.55. The molecule has 158 valence electrons. The summed E-state index contributed by atoms with van der Waals surface area (Å²) in [7, 11) is 1.59. The zero-order valence-electron chi connectivity index (χ0n) is 17.5. The Bertz CT molecular complexity index is 986. The summed E-state index contributed by atoms with van der Waals surface area (Å²) in [5.74, 6) is 0.253. The number of Topliss-reactive ketones (excluding diaryl/α,β-unsaturated/α-hetero) is 1. The number of amides is 1. The van der Waals surface area contributed by atoms with E-state index in [9.17, 15) is 9.59 Å². The molecule has 1 N–H and O–H groups in total. The van der Waals surface area contributed by atoms with Crippen molar-refractivity contribution in [3.63, 3.8) is 0 Å². The van der Waals surface area contributed by atoms with Crippen LogP contribution in [0.1, 0.15) is 29.8 Å². The first kappa shape index (κ1) is 20.7. The fourth-order valence-corrected chi connectivity index (χ4v) is 4.61. The first-order chi connectivity index (χ1) is 14.4. The number of hydrogen-bond acceptors (Lipinski definition) is 5. The number of hydrogen-bond donors (Lipinski definition) is 1. The number of carbonyl (C=O) groups is 2. The number of ketones is 1. The maximum absolute atomic E-state index is 14.0. The number of methoxy groups -OCH3 is 1. The van der Waals surface area contributed by atoms with Crippen LogP contribution in [0, 0.1) is 0 Å². The smallest absolute Gasteiger partial charge is 0.245 e. The number of rotatable bonds is 4. The van der Waals surface area contributed by atoms with Crippen LogP contribution in [0.4, 0.5) is 11.4 Å². The van der Waals surface area contributed by atoms with Gasteiger partial charge in [0.2, 0.25) is 5.91 Å². The first-order valence-corrected chi connectivity index (χ1v) is 10.6. The van der Waals surface area contributed by atoms with Gasteiger partial charge in [-0.05, 0) is 43.7 Å². The average molecular weight is 428 g/mol. The van der Waals surface area contributed by atoms with Crippen LogP contribution in [0.15, 0.2) is 36.4 Å². The lowest BCUT2D eigenvalue weighted by molar-refractivity contribution is -0.122. The largest absolute Gasteiger partial charge is 0.497 e. The molecule has 1 unspecified atom stereocenters. The summed E-state index contributed by atoms with van der Waals surface area (Å²) in [6.07, 6.45) is 0. The molecule has 2 aliphatic heterocycles. The predicted octanol–water partition coefficient (Wildman–Crippen LogP) is 3.27. The molecule has 0 aromatic heterocycles. The van der Waals surface area contributed by atoms with Gasteiger partial charge in [0.1, 0.15) is 11.2 Å². The van der Waals surface area contributed by atoms with Crippen LogP contribution in [0.3, 0.4) is 0 Å². The maximum Gasteiger partial charge on any atom is 0.245 e. The van der Waals surface area contributed by atoms with E-state index in [0.717, 1.165) is 31.9 Å². The van der Waals surface area contributed by atoms with Crippen LogP contribution in [0.25, 0.3) is 0 Å². The van der Waals surface area contributed by atoms with Crippen LogP contribution >= 0.6 is 11.6 Å². The molecule has 6 nitrogen and oxygen atoms in total. The number of benzene rings is 2. The van der Waals surface area contributed by atoms with E-state index in [0.29, 0.717) is 34.1 Å². The molecule has 0 radical (unpaired) electrons. The third-order valence-electron chi connectivity index (χ3n) is 6.15. The molecular formula is C23H26ClN3O3. The molecule has 1 saturated heterocycles. The molecule has 1 atom stereocenters. The van der Waals surface area contributed by atoms with Gasteiger partial charge in [0.05, 0.1) is 24.0 Å². The zero-order chi connectivity index (χ0) is 21.5. The van der Waals surface area contributed by atoms with E-state index in [1.807, 2.05) is 13.0 Å². The lowest BCUT2D eigenvalue weighted by Gasteiger charge is -2.42. The van der Waals surface area contributed by atoms with Gasteiger partial charge in [-0.1, -0.05) is 23.7 Å². The number of fused-ring (bicyclic) bond motifs is 1. The van der Waals surface area contributed by atoms with Gasteiger partial charge < -0.3 is 19.9 Å². The normalized spacial score (nSPS) is 21.6. The minimum Gasteiger partial charge on any atom is -0.497 e. The van der Waals surface area contributed by atoms with E-state index < -0.39 is 5.41 Å². The van der Waals surface area contributed by atoms with Gasteiger partial charge in [0.25, 0.3) is 0 Å². The van der Waals surface area contributed by atoms with Crippen molar-refractivity contribution in [3.8, 4) is 5.75 Å². The minimum atomic E-state index is -1.31. The van der Waals surface area contributed by atoms with Crippen molar-refractivity contribution in [1.82, 2.24) is 5.32 Å². The molecule has 1 amide bonds. The minimum absolute atomic E-state index is 0.192. The SMILES string of the molecule is CCN1C(=O)C(C)(c2ccc(OC)cc2)C(=O)c2c(N3CCNCC3)cc(Cl)cc21. The summed E-state index contributed by atoms with van der Waals surface area (Å²) in [6, 6.07) is 10.7. The van der Waals surface area contributed by atoms with Crippen LogP contribution in [-0.2, 0) is 10.2 Å². The molecule has 30 heavy (non-hydrogen) atoms. The van der Waals surface area contributed by atoms with Crippen molar-refractivity contribution < 1.29 is 14.3 Å². The first-order valence-electron chi connectivity index (χ1n) is 10.2. The summed E-state index contributed by atoms with van der Waals surface area (Å²) in [6.45, 7) is 7.31. The number of nitrogens with zero attached hydrogens (tertiary/aromatic N) is 2. The standard InChI is InChI=1S/C23H26ClN3O3/c1-4-27-19-14-16(24)13-18(26-11-9-25-10-12-26)20(19)21(28)23(2,22(27)29)15-5-7-17(30-3)8-6-15/h5-8,13-14,25H,4,9-12H2,1-3H3. The van der Waals surface area contributed by atoms with Gasteiger partial charge in [0, 0.05) is 37.7 Å². The fraction of sp³-hybridized carbons (Fsp3) is 0.391. The summed E-state index contributed by atoms with van der Waals surface area (Å²) < 4.78 is 5.25. The number of ether oxygens (including phenoxy) is 1. The van der Waals surface area contributed by atoms with Gasteiger partial charge >= 0.3 is 0 Å². The molecule has 0 spiro atoms. The molecule has 0 aliphatic carbocycles. The summed E-state index contributed by atoms with van der Waals surface area (Å²) in [5.41, 5.74) is 1.31. The summed E-state index contributed by atoms with van der Waals surface area (Å²) in [5, 5.41) is 3.86. The Labute approximate surface area is 181 Å². The van der Waals surface area contributed by atoms with Crippen LogP contribution in [0.5, 0.6) is 5.75 Å². The molecule has 2 aliphatic rings. The Morgan fingerprint density at radius 1 is 1.10 bits per heavy atom. The van der Waals surface area contributed by atoms with Crippen molar-refractivity contribution in [1.29, 1.82) is 0 Å². The monoisotopic (exact) mass is 427 g/mol. The Morgan fingerprint density at radius 2 is 1.73 bits per heavy atom. The summed E-state index contributed by atoms with van der Waals surface area (Å²) in [4.78, 5) is 31.4. The molecule has 4 rings (SSSR count). The highest BCUT2D eigenvalue weighted by Gasteiger charge is 2.51. The Balaban J connectivity index is 1.91. The summed E-state index contributed by atoms with van der Waals surface area (Å²) >= 11 is 6.43. The van der Waals surface area contributed by atoms with E-state index >= 15 is 0 Å². The van der Waals surface area contributed by atoms with Gasteiger partial charge in [-0.25, -0.2) is 0 Å². The van der Waals surface area contributed by atoms with E-state index in [4.69, 9.17) is 16.3 Å². The molecule has 1 fully saturated rings. The van der Waals surface area contributed by atoms with Crippen LogP contribution in [0.2, 0.25) is 5.02 Å². The molecular weight excluding hydrogens is 402 g/mol. The van der Waals surface area contributed by atoms with Gasteiger partial charge in [-0.15, -0.1) is 0 Å². The Kier molecular flexibility index (Phi) is 5.47. The van der Waals surface area contributed by atoms with Crippen molar-refractivity contribution in [3.05, 3.63) is 52.5 Å². The van der Waals surface area contributed by atoms with Crippen LogP contribution < -0.4 is 19.9 Å².